The molecule has 0 unspecified atom stereocenters. The fourth-order valence-electron chi connectivity index (χ4n) is 2.74. The minimum absolute atomic E-state index is 0. The van der Waals surface area contributed by atoms with Gasteiger partial charge in [-0.25, -0.2) is 0 Å². The lowest BCUT2D eigenvalue weighted by Gasteiger charge is -2.21. The summed E-state index contributed by atoms with van der Waals surface area (Å²) in [7, 11) is 0. The molecule has 0 saturated carbocycles. The number of nitrogens with one attached hydrogen (secondary N) is 1. The number of nitrogens with zero attached hydrogens (tertiary/aromatic N) is 1. The van der Waals surface area contributed by atoms with E-state index in [0.717, 1.165) is 13.1 Å². The zero-order valence-electron chi connectivity index (χ0n) is 10.7. The average Bonchev–Trinajstić information content (AvgIpc) is 2.69. The standard InChI is InChI=1S/C14H20N2S.ClH/c1-3-12-5-6-15-14(12)13(4-1)11-16-7-2-9-17-10-8-16;/h1,3-4,15H,2,5-11H2;1H. The van der Waals surface area contributed by atoms with Gasteiger partial charge in [-0.3, -0.25) is 4.90 Å². The van der Waals surface area contributed by atoms with Crippen molar-refractivity contribution in [3.05, 3.63) is 29.3 Å². The highest BCUT2D eigenvalue weighted by molar-refractivity contribution is 7.99. The van der Waals surface area contributed by atoms with E-state index in [1.54, 1.807) is 0 Å². The molecule has 1 saturated heterocycles. The number of fused-ring (bicyclic) bond motifs is 1. The highest BCUT2D eigenvalue weighted by Crippen LogP contribution is 2.27. The monoisotopic (exact) mass is 284 g/mol. The lowest BCUT2D eigenvalue weighted by Crippen LogP contribution is -2.25. The molecule has 100 valence electrons. The molecule has 1 N–H and O–H groups in total. The highest BCUT2D eigenvalue weighted by Gasteiger charge is 2.16. The summed E-state index contributed by atoms with van der Waals surface area (Å²) in [6.07, 6.45) is 2.53. The third kappa shape index (κ3) is 3.14. The van der Waals surface area contributed by atoms with Crippen LogP contribution < -0.4 is 5.32 Å². The summed E-state index contributed by atoms with van der Waals surface area (Å²) in [6.45, 7) is 4.74. The Hall–Kier alpha value is -0.380. The summed E-state index contributed by atoms with van der Waals surface area (Å²) >= 11 is 2.10. The summed E-state index contributed by atoms with van der Waals surface area (Å²) in [6, 6.07) is 6.76. The normalized spacial score (nSPS) is 19.6. The average molecular weight is 285 g/mol. The zero-order chi connectivity index (χ0) is 11.5. The molecule has 0 aromatic heterocycles. The molecule has 3 rings (SSSR count). The van der Waals surface area contributed by atoms with Crippen LogP contribution in [0.1, 0.15) is 17.5 Å². The first-order valence-corrected chi connectivity index (χ1v) is 7.74. The van der Waals surface area contributed by atoms with Crippen LogP contribution in [-0.2, 0) is 13.0 Å². The summed E-state index contributed by atoms with van der Waals surface area (Å²) in [5.41, 5.74) is 4.42. The number of hydrogen-bond donors (Lipinski definition) is 1. The first kappa shape index (κ1) is 14.0. The molecule has 18 heavy (non-hydrogen) atoms. The van der Waals surface area contributed by atoms with Crippen LogP contribution in [0.15, 0.2) is 18.2 Å². The van der Waals surface area contributed by atoms with Crippen LogP contribution in [-0.4, -0.2) is 36.0 Å². The number of halogens is 1. The fraction of sp³-hybridized carbons (Fsp3) is 0.571. The van der Waals surface area contributed by atoms with Crippen LogP contribution in [0.2, 0.25) is 0 Å². The van der Waals surface area contributed by atoms with Crippen molar-refractivity contribution in [3.8, 4) is 0 Å². The van der Waals surface area contributed by atoms with E-state index >= 15 is 0 Å². The first-order valence-electron chi connectivity index (χ1n) is 6.58. The minimum Gasteiger partial charge on any atom is -0.384 e. The molecule has 2 nitrogen and oxygen atoms in total. The number of rotatable bonds is 2. The molecule has 1 aromatic rings. The molecule has 0 radical (unpaired) electrons. The van der Waals surface area contributed by atoms with Gasteiger partial charge in [0.05, 0.1) is 0 Å². The molecule has 0 bridgehead atoms. The van der Waals surface area contributed by atoms with Crippen LogP contribution in [0.3, 0.4) is 0 Å². The molecule has 0 atom stereocenters. The van der Waals surface area contributed by atoms with Gasteiger partial charge >= 0.3 is 0 Å². The van der Waals surface area contributed by atoms with E-state index in [2.05, 4.69) is 40.2 Å². The molecule has 0 spiro atoms. The van der Waals surface area contributed by atoms with Crippen molar-refractivity contribution in [2.75, 3.05) is 36.5 Å². The van der Waals surface area contributed by atoms with Crippen molar-refractivity contribution in [2.45, 2.75) is 19.4 Å². The molecular weight excluding hydrogens is 264 g/mol. The largest absolute Gasteiger partial charge is 0.384 e. The summed E-state index contributed by atoms with van der Waals surface area (Å²) in [5, 5.41) is 3.54. The molecule has 0 aliphatic carbocycles. The fourth-order valence-corrected chi connectivity index (χ4v) is 3.66. The minimum atomic E-state index is 0. The van der Waals surface area contributed by atoms with Crippen molar-refractivity contribution in [1.82, 2.24) is 4.90 Å². The smallest absolute Gasteiger partial charge is 0.0419 e. The molecule has 1 aromatic carbocycles. The third-order valence-electron chi connectivity index (χ3n) is 3.64. The second-order valence-corrected chi connectivity index (χ2v) is 6.09. The lowest BCUT2D eigenvalue weighted by molar-refractivity contribution is 0.288. The van der Waals surface area contributed by atoms with Gasteiger partial charge in [0, 0.05) is 31.1 Å². The van der Waals surface area contributed by atoms with Gasteiger partial charge in [-0.1, -0.05) is 18.2 Å². The Morgan fingerprint density at radius 1 is 1.22 bits per heavy atom. The van der Waals surface area contributed by atoms with Gasteiger partial charge in [0.15, 0.2) is 0 Å². The van der Waals surface area contributed by atoms with E-state index in [0.29, 0.717) is 0 Å². The van der Waals surface area contributed by atoms with E-state index in [4.69, 9.17) is 0 Å². The summed E-state index contributed by atoms with van der Waals surface area (Å²) in [4.78, 5) is 2.61. The Morgan fingerprint density at radius 2 is 2.17 bits per heavy atom. The Bertz CT molecular complexity index is 389. The SMILES string of the molecule is Cl.c1cc2c(c(CN3CCCSCC3)c1)NCC2. The number of anilines is 1. The van der Waals surface area contributed by atoms with E-state index < -0.39 is 0 Å². The maximum atomic E-state index is 3.54. The van der Waals surface area contributed by atoms with Gasteiger partial charge in [-0.05, 0) is 36.3 Å². The molecule has 2 aliphatic heterocycles. The number of thioether (sulfide) groups is 1. The molecule has 2 aliphatic rings. The predicted molar refractivity (Wildman–Crippen MR) is 83.1 cm³/mol. The Kier molecular flexibility index (Phi) is 5.22. The van der Waals surface area contributed by atoms with Crippen molar-refractivity contribution in [3.63, 3.8) is 0 Å². The van der Waals surface area contributed by atoms with E-state index in [9.17, 15) is 0 Å². The van der Waals surface area contributed by atoms with Crippen LogP contribution in [0, 0.1) is 0 Å². The number of hydrogen-bond acceptors (Lipinski definition) is 3. The van der Waals surface area contributed by atoms with Gasteiger partial charge in [0.1, 0.15) is 0 Å². The molecule has 2 heterocycles. The Balaban J connectivity index is 0.00000120. The first-order chi connectivity index (χ1) is 8.43. The summed E-state index contributed by atoms with van der Waals surface area (Å²) < 4.78 is 0. The second-order valence-electron chi connectivity index (χ2n) is 4.87. The van der Waals surface area contributed by atoms with Crippen LogP contribution >= 0.6 is 24.2 Å². The van der Waals surface area contributed by atoms with Crippen molar-refractivity contribution in [2.24, 2.45) is 0 Å². The zero-order valence-corrected chi connectivity index (χ0v) is 12.3. The van der Waals surface area contributed by atoms with Crippen LogP contribution in [0.4, 0.5) is 5.69 Å². The van der Waals surface area contributed by atoms with Crippen LogP contribution in [0.5, 0.6) is 0 Å². The highest BCUT2D eigenvalue weighted by atomic mass is 35.5. The Labute approximate surface area is 120 Å². The Morgan fingerprint density at radius 3 is 3.11 bits per heavy atom. The predicted octanol–water partition coefficient (Wildman–Crippen LogP) is 3.02. The maximum absolute atomic E-state index is 3.54. The maximum Gasteiger partial charge on any atom is 0.0419 e. The van der Waals surface area contributed by atoms with Crippen molar-refractivity contribution in [1.29, 1.82) is 0 Å². The van der Waals surface area contributed by atoms with Crippen molar-refractivity contribution >= 4 is 29.9 Å². The quantitative estimate of drug-likeness (QED) is 0.899. The summed E-state index contributed by atoms with van der Waals surface area (Å²) in [5.74, 6) is 2.63. The number of para-hydroxylation sites is 1. The van der Waals surface area contributed by atoms with Gasteiger partial charge < -0.3 is 5.32 Å². The van der Waals surface area contributed by atoms with E-state index in [1.807, 2.05) is 0 Å². The molecule has 0 amide bonds. The molecular formula is C14H21ClN2S. The van der Waals surface area contributed by atoms with Crippen molar-refractivity contribution < 1.29 is 0 Å². The molecule has 4 heteroatoms. The van der Waals surface area contributed by atoms with Crippen LogP contribution in [0.25, 0.3) is 0 Å². The van der Waals surface area contributed by atoms with E-state index in [1.165, 1.54) is 54.3 Å². The second kappa shape index (κ2) is 6.69. The van der Waals surface area contributed by atoms with E-state index in [-0.39, 0.29) is 12.4 Å². The number of benzene rings is 1. The van der Waals surface area contributed by atoms with Gasteiger partial charge in [-0.2, -0.15) is 11.8 Å². The van der Waals surface area contributed by atoms with Gasteiger partial charge in [0.25, 0.3) is 0 Å². The van der Waals surface area contributed by atoms with Gasteiger partial charge in [-0.15, -0.1) is 12.4 Å². The third-order valence-corrected chi connectivity index (χ3v) is 4.69. The van der Waals surface area contributed by atoms with Gasteiger partial charge in [0.2, 0.25) is 0 Å². The molecule has 1 fully saturated rings. The topological polar surface area (TPSA) is 15.3 Å². The lowest BCUT2D eigenvalue weighted by atomic mass is 10.1.